The van der Waals surface area contributed by atoms with Crippen molar-refractivity contribution >= 4 is 5.91 Å². The van der Waals surface area contributed by atoms with Crippen LogP contribution in [0, 0.1) is 6.92 Å². The van der Waals surface area contributed by atoms with Crippen LogP contribution < -0.4 is 4.74 Å². The molecule has 0 spiro atoms. The number of para-hydroxylation sites is 1. The van der Waals surface area contributed by atoms with Gasteiger partial charge in [0.05, 0.1) is 6.54 Å². The van der Waals surface area contributed by atoms with Crippen LogP contribution in [-0.4, -0.2) is 34.2 Å². The van der Waals surface area contributed by atoms with Gasteiger partial charge in [0.1, 0.15) is 5.75 Å². The lowest BCUT2D eigenvalue weighted by Gasteiger charge is -2.21. The summed E-state index contributed by atoms with van der Waals surface area (Å²) < 4.78 is 11.6. The molecule has 30 heavy (non-hydrogen) atoms. The number of nitrogens with zero attached hydrogens (tertiary/aromatic N) is 3. The molecular formula is C24H29N3O3. The molecule has 1 aromatic heterocycles. The number of hydrogen-bond donors (Lipinski definition) is 0. The average molecular weight is 408 g/mol. The van der Waals surface area contributed by atoms with Crippen LogP contribution in [0.5, 0.6) is 5.75 Å². The van der Waals surface area contributed by atoms with Crippen molar-refractivity contribution in [2.24, 2.45) is 0 Å². The van der Waals surface area contributed by atoms with Crippen molar-refractivity contribution in [2.45, 2.75) is 52.7 Å². The lowest BCUT2D eigenvalue weighted by Crippen LogP contribution is -2.37. The average Bonchev–Trinajstić information content (AvgIpc) is 3.17. The van der Waals surface area contributed by atoms with Crippen LogP contribution in [-0.2, 0) is 16.8 Å². The van der Waals surface area contributed by atoms with Gasteiger partial charge < -0.3 is 14.1 Å². The van der Waals surface area contributed by atoms with Gasteiger partial charge in [0.2, 0.25) is 11.8 Å². The molecule has 0 bridgehead atoms. The van der Waals surface area contributed by atoms with Crippen molar-refractivity contribution in [1.29, 1.82) is 0 Å². The summed E-state index contributed by atoms with van der Waals surface area (Å²) in [7, 11) is 1.70. The van der Waals surface area contributed by atoms with E-state index in [0.29, 0.717) is 17.5 Å². The van der Waals surface area contributed by atoms with Gasteiger partial charge in [0, 0.05) is 12.6 Å². The monoisotopic (exact) mass is 407 g/mol. The zero-order valence-electron chi connectivity index (χ0n) is 18.5. The number of carbonyl (C=O) groups excluding carboxylic acids is 1. The molecule has 0 aliphatic heterocycles. The highest BCUT2D eigenvalue weighted by molar-refractivity contribution is 5.80. The summed E-state index contributed by atoms with van der Waals surface area (Å²) in [5, 5.41) is 8.22. The van der Waals surface area contributed by atoms with Gasteiger partial charge in [-0.05, 0) is 48.6 Å². The minimum atomic E-state index is -0.622. The van der Waals surface area contributed by atoms with Gasteiger partial charge in [0.15, 0.2) is 6.10 Å². The molecule has 6 nitrogen and oxygen atoms in total. The van der Waals surface area contributed by atoms with Gasteiger partial charge >= 0.3 is 0 Å². The third kappa shape index (κ3) is 5.06. The van der Waals surface area contributed by atoms with E-state index in [-0.39, 0.29) is 17.9 Å². The second kappa shape index (κ2) is 8.69. The quantitative estimate of drug-likeness (QED) is 0.589. The molecule has 0 saturated heterocycles. The number of likely N-dealkylation sites (N-methyl/N-ethyl adjacent to an activating group) is 1. The fourth-order valence-electron chi connectivity index (χ4n) is 3.07. The molecule has 1 amide bonds. The van der Waals surface area contributed by atoms with Crippen LogP contribution >= 0.6 is 0 Å². The first kappa shape index (κ1) is 21.6. The maximum Gasteiger partial charge on any atom is 0.263 e. The predicted octanol–water partition coefficient (Wildman–Crippen LogP) is 4.77. The van der Waals surface area contributed by atoms with Crippen molar-refractivity contribution in [3.05, 3.63) is 65.5 Å². The predicted molar refractivity (Wildman–Crippen MR) is 116 cm³/mol. The Morgan fingerprint density at radius 3 is 2.40 bits per heavy atom. The van der Waals surface area contributed by atoms with E-state index in [2.05, 4.69) is 43.1 Å². The van der Waals surface area contributed by atoms with Crippen LogP contribution in [0.2, 0.25) is 0 Å². The normalized spacial score (nSPS) is 12.5. The highest BCUT2D eigenvalue weighted by atomic mass is 16.5. The number of ether oxygens (including phenoxy) is 1. The van der Waals surface area contributed by atoms with Gasteiger partial charge in [0.25, 0.3) is 5.91 Å². The fraction of sp³-hybridized carbons (Fsp3) is 0.375. The Morgan fingerprint density at radius 1 is 1.10 bits per heavy atom. The van der Waals surface area contributed by atoms with Crippen molar-refractivity contribution in [3.63, 3.8) is 0 Å². The molecule has 3 rings (SSSR count). The number of aromatic nitrogens is 2. The molecule has 1 atom stereocenters. The first-order chi connectivity index (χ1) is 14.1. The fourth-order valence-corrected chi connectivity index (χ4v) is 3.07. The minimum Gasteiger partial charge on any atom is -0.481 e. The largest absolute Gasteiger partial charge is 0.481 e. The Bertz CT molecular complexity index is 1000. The van der Waals surface area contributed by atoms with E-state index < -0.39 is 6.10 Å². The van der Waals surface area contributed by atoms with E-state index in [1.807, 2.05) is 43.3 Å². The van der Waals surface area contributed by atoms with Crippen LogP contribution in [0.25, 0.3) is 11.5 Å². The third-order valence-corrected chi connectivity index (χ3v) is 4.96. The second-order valence-corrected chi connectivity index (χ2v) is 8.55. The SMILES string of the molecule is Cc1ccccc1O[C@@H](C)C(=O)N(C)Cc1nnc(-c2ccc(C(C)(C)C)cc2)o1. The first-order valence-electron chi connectivity index (χ1n) is 10.1. The lowest BCUT2D eigenvalue weighted by atomic mass is 9.87. The summed E-state index contributed by atoms with van der Waals surface area (Å²) in [5.74, 6) is 1.36. The Labute approximate surface area is 177 Å². The zero-order valence-corrected chi connectivity index (χ0v) is 18.5. The molecule has 0 aliphatic rings. The Hall–Kier alpha value is -3.15. The van der Waals surface area contributed by atoms with Crippen molar-refractivity contribution in [1.82, 2.24) is 15.1 Å². The van der Waals surface area contributed by atoms with Crippen LogP contribution in [0.4, 0.5) is 0 Å². The smallest absolute Gasteiger partial charge is 0.263 e. The summed E-state index contributed by atoms with van der Waals surface area (Å²) in [6, 6.07) is 15.7. The number of amides is 1. The van der Waals surface area contributed by atoms with Gasteiger partial charge in [-0.1, -0.05) is 51.1 Å². The molecule has 0 fully saturated rings. The molecule has 0 aliphatic carbocycles. The Kier molecular flexibility index (Phi) is 6.25. The molecule has 0 unspecified atom stereocenters. The molecule has 6 heteroatoms. The molecule has 0 saturated carbocycles. The number of aryl methyl sites for hydroxylation is 1. The second-order valence-electron chi connectivity index (χ2n) is 8.55. The van der Waals surface area contributed by atoms with Crippen LogP contribution in [0.15, 0.2) is 52.9 Å². The van der Waals surface area contributed by atoms with E-state index in [4.69, 9.17) is 9.15 Å². The van der Waals surface area contributed by atoms with Crippen LogP contribution in [0.3, 0.4) is 0 Å². The maximum atomic E-state index is 12.7. The number of carbonyl (C=O) groups is 1. The van der Waals surface area contributed by atoms with Gasteiger partial charge in [-0.25, -0.2) is 0 Å². The summed E-state index contributed by atoms with van der Waals surface area (Å²) in [5.41, 5.74) is 3.16. The molecule has 158 valence electrons. The van der Waals surface area contributed by atoms with E-state index in [1.165, 1.54) is 10.5 Å². The molecule has 0 N–H and O–H groups in total. The molecule has 1 heterocycles. The van der Waals surface area contributed by atoms with Gasteiger partial charge in [-0.3, -0.25) is 4.79 Å². The Balaban J connectivity index is 1.63. The van der Waals surface area contributed by atoms with Gasteiger partial charge in [-0.15, -0.1) is 10.2 Å². The van der Waals surface area contributed by atoms with Crippen LogP contribution in [0.1, 0.15) is 44.7 Å². The highest BCUT2D eigenvalue weighted by Gasteiger charge is 2.22. The van der Waals surface area contributed by atoms with E-state index >= 15 is 0 Å². The number of hydrogen-bond acceptors (Lipinski definition) is 5. The molecular weight excluding hydrogens is 378 g/mol. The summed E-state index contributed by atoms with van der Waals surface area (Å²) >= 11 is 0. The first-order valence-corrected chi connectivity index (χ1v) is 10.1. The van der Waals surface area contributed by atoms with Crippen molar-refractivity contribution < 1.29 is 13.9 Å². The van der Waals surface area contributed by atoms with E-state index in [0.717, 1.165) is 11.1 Å². The summed E-state index contributed by atoms with van der Waals surface area (Å²) in [6.07, 6.45) is -0.622. The topological polar surface area (TPSA) is 68.5 Å². The number of rotatable bonds is 6. The third-order valence-electron chi connectivity index (χ3n) is 4.96. The summed E-state index contributed by atoms with van der Waals surface area (Å²) in [6.45, 7) is 10.4. The molecule has 3 aromatic rings. The molecule has 2 aromatic carbocycles. The zero-order chi connectivity index (χ0) is 21.9. The lowest BCUT2D eigenvalue weighted by molar-refractivity contribution is -0.137. The number of benzene rings is 2. The minimum absolute atomic E-state index is 0.0820. The maximum absolute atomic E-state index is 12.7. The van der Waals surface area contributed by atoms with Crippen molar-refractivity contribution in [2.75, 3.05) is 7.05 Å². The standard InChI is InChI=1S/C24H29N3O3/c1-16-9-7-8-10-20(16)29-17(2)23(28)27(6)15-21-25-26-22(30-21)18-11-13-19(14-12-18)24(3,4)5/h7-14,17H,15H2,1-6H3/t17-/m0/s1. The summed E-state index contributed by atoms with van der Waals surface area (Å²) in [4.78, 5) is 14.2. The van der Waals surface area contributed by atoms with E-state index in [9.17, 15) is 4.79 Å². The Morgan fingerprint density at radius 2 is 1.77 bits per heavy atom. The van der Waals surface area contributed by atoms with Gasteiger partial charge in [-0.2, -0.15) is 0 Å². The van der Waals surface area contributed by atoms with E-state index in [1.54, 1.807) is 14.0 Å². The molecule has 0 radical (unpaired) electrons. The van der Waals surface area contributed by atoms with Crippen molar-refractivity contribution in [3.8, 4) is 17.2 Å². The highest BCUT2D eigenvalue weighted by Crippen LogP contribution is 2.26.